The Morgan fingerprint density at radius 1 is 0.636 bits per heavy atom. The van der Waals surface area contributed by atoms with Crippen LogP contribution in [0.2, 0.25) is 0 Å². The van der Waals surface area contributed by atoms with Gasteiger partial charge in [0.05, 0.1) is 0 Å². The second-order valence-electron chi connectivity index (χ2n) is 6.86. The van der Waals surface area contributed by atoms with E-state index >= 15 is 0 Å². The van der Waals surface area contributed by atoms with E-state index in [2.05, 4.69) is 42.5 Å². The maximum atomic E-state index is 2.33. The van der Waals surface area contributed by atoms with Crippen LogP contribution in [0.1, 0.15) is 83.5 Å². The van der Waals surface area contributed by atoms with Gasteiger partial charge in [0.15, 0.2) is 0 Å². The van der Waals surface area contributed by atoms with Crippen molar-refractivity contribution in [2.24, 2.45) is 5.92 Å². The van der Waals surface area contributed by atoms with Gasteiger partial charge in [0.2, 0.25) is 0 Å². The molecular weight excluding hydrogens is 264 g/mol. The molecule has 0 bridgehead atoms. The summed E-state index contributed by atoms with van der Waals surface area (Å²) in [6.07, 6.45) is 33.9. The molecule has 0 heterocycles. The molecule has 0 aromatic heterocycles. The molecule has 1 atom stereocenters. The molecule has 22 heavy (non-hydrogen) atoms. The molecule has 0 N–H and O–H groups in total. The highest BCUT2D eigenvalue weighted by Crippen LogP contribution is 2.33. The van der Waals surface area contributed by atoms with Crippen molar-refractivity contribution >= 4 is 0 Å². The molecule has 1 unspecified atom stereocenters. The molecule has 0 nitrogen and oxygen atoms in total. The first-order chi connectivity index (χ1) is 11.0. The normalized spacial score (nSPS) is 25.8. The first-order valence-corrected chi connectivity index (χ1v) is 9.62. The summed E-state index contributed by atoms with van der Waals surface area (Å²) in [5.41, 5.74) is 1.72. The zero-order valence-corrected chi connectivity index (χ0v) is 14.3. The summed E-state index contributed by atoms with van der Waals surface area (Å²) in [5.74, 6) is 0.929. The van der Waals surface area contributed by atoms with E-state index in [0.717, 1.165) is 5.92 Å². The van der Waals surface area contributed by atoms with Gasteiger partial charge in [-0.2, -0.15) is 0 Å². The topological polar surface area (TPSA) is 0 Å². The summed E-state index contributed by atoms with van der Waals surface area (Å²) in [5, 5.41) is 0. The number of fused-ring (bicyclic) bond motifs is 1. The van der Waals surface area contributed by atoms with Crippen molar-refractivity contribution < 1.29 is 0 Å². The van der Waals surface area contributed by atoms with E-state index in [1.807, 2.05) is 0 Å². The van der Waals surface area contributed by atoms with Crippen molar-refractivity contribution in [1.29, 1.82) is 0 Å². The highest BCUT2D eigenvalue weighted by atomic mass is 14.2. The van der Waals surface area contributed by atoms with Crippen LogP contribution in [0.4, 0.5) is 0 Å². The monoisotopic (exact) mass is 298 g/mol. The van der Waals surface area contributed by atoms with Crippen LogP contribution < -0.4 is 0 Å². The second-order valence-corrected chi connectivity index (χ2v) is 6.86. The molecule has 0 aromatic carbocycles. The van der Waals surface area contributed by atoms with Crippen molar-refractivity contribution in [3.63, 3.8) is 0 Å². The fourth-order valence-electron chi connectivity index (χ4n) is 3.55. The lowest BCUT2D eigenvalue weighted by Gasteiger charge is -2.25. The molecule has 0 heteroatoms. The van der Waals surface area contributed by atoms with Gasteiger partial charge in [-0.15, -0.1) is 0 Å². The van der Waals surface area contributed by atoms with Gasteiger partial charge in [-0.05, 0) is 83.0 Å². The van der Waals surface area contributed by atoms with Gasteiger partial charge >= 0.3 is 0 Å². The van der Waals surface area contributed by atoms with Crippen LogP contribution >= 0.6 is 0 Å². The van der Waals surface area contributed by atoms with Gasteiger partial charge in [-0.1, -0.05) is 54.5 Å². The molecule has 1 fully saturated rings. The van der Waals surface area contributed by atoms with E-state index in [0.29, 0.717) is 0 Å². The van der Waals surface area contributed by atoms with Gasteiger partial charge in [0, 0.05) is 0 Å². The predicted octanol–water partition coefficient (Wildman–Crippen LogP) is 7.30. The second kappa shape index (κ2) is 11.5. The number of allylic oxidation sites excluding steroid dienone is 8. The molecule has 4 aliphatic rings. The summed E-state index contributed by atoms with van der Waals surface area (Å²) >= 11 is 0. The number of hydrogen-bond acceptors (Lipinski definition) is 0. The Morgan fingerprint density at radius 2 is 1.23 bits per heavy atom. The van der Waals surface area contributed by atoms with Crippen LogP contribution in [-0.4, -0.2) is 0 Å². The van der Waals surface area contributed by atoms with Crippen molar-refractivity contribution in [3.05, 3.63) is 48.1 Å². The first kappa shape index (κ1) is 17.3. The lowest BCUT2D eigenvalue weighted by atomic mass is 9.80. The van der Waals surface area contributed by atoms with E-state index in [1.165, 1.54) is 83.5 Å². The molecule has 0 radical (unpaired) electrons. The minimum atomic E-state index is 0.929. The summed E-state index contributed by atoms with van der Waals surface area (Å²) < 4.78 is 0. The van der Waals surface area contributed by atoms with Crippen LogP contribution in [0, 0.1) is 5.92 Å². The minimum absolute atomic E-state index is 0.929. The smallest absolute Gasteiger partial charge is 0.0165 e. The van der Waals surface area contributed by atoms with Gasteiger partial charge in [0.25, 0.3) is 0 Å². The van der Waals surface area contributed by atoms with Crippen molar-refractivity contribution in [2.45, 2.75) is 83.5 Å². The third-order valence-electron chi connectivity index (χ3n) is 4.98. The largest absolute Gasteiger partial charge is 0.0885 e. The van der Waals surface area contributed by atoms with Gasteiger partial charge < -0.3 is 0 Å². The Hall–Kier alpha value is -1.04. The van der Waals surface area contributed by atoms with Gasteiger partial charge in [-0.3, -0.25) is 0 Å². The molecule has 122 valence electrons. The first-order valence-electron chi connectivity index (χ1n) is 9.62. The number of rotatable bonds is 0. The van der Waals surface area contributed by atoms with Crippen LogP contribution in [-0.2, 0) is 0 Å². The Bertz CT molecular complexity index is 360. The van der Waals surface area contributed by atoms with E-state index in [9.17, 15) is 0 Å². The molecule has 0 aromatic rings. The number of hydrogen-bond donors (Lipinski definition) is 0. The molecule has 0 amide bonds. The third kappa shape index (κ3) is 7.29. The Labute approximate surface area is 138 Å². The minimum Gasteiger partial charge on any atom is -0.0885 e. The van der Waals surface area contributed by atoms with Crippen LogP contribution in [0.15, 0.2) is 48.1 Å². The Morgan fingerprint density at radius 3 is 1.68 bits per heavy atom. The molecule has 4 rings (SSSR count). The zero-order chi connectivity index (χ0) is 15.3. The lowest BCUT2D eigenvalue weighted by molar-refractivity contribution is 0.453. The van der Waals surface area contributed by atoms with E-state index in [-0.39, 0.29) is 0 Å². The fraction of sp³-hybridized carbons (Fsp3) is 0.636. The van der Waals surface area contributed by atoms with E-state index in [1.54, 1.807) is 5.57 Å². The van der Waals surface area contributed by atoms with Crippen molar-refractivity contribution in [3.8, 4) is 0 Å². The molecular formula is C22H34. The standard InChI is InChI=1S/C10H14.2C6H10/c1-2-6-10-8-4-3-7-9(10)5-1;2*1-2-4-6-5-3-1/h1-2,5,10H,3-4,6-8H2;2*1-2H,3-6H2. The quantitative estimate of drug-likeness (QED) is 0.412. The fourth-order valence-corrected chi connectivity index (χ4v) is 3.55. The van der Waals surface area contributed by atoms with Crippen molar-refractivity contribution in [2.75, 3.05) is 0 Å². The van der Waals surface area contributed by atoms with Gasteiger partial charge in [0.1, 0.15) is 0 Å². The van der Waals surface area contributed by atoms with E-state index < -0.39 is 0 Å². The molecule has 0 saturated heterocycles. The molecule has 0 spiro atoms. The Balaban J connectivity index is 0.000000128. The molecule has 1 saturated carbocycles. The summed E-state index contributed by atoms with van der Waals surface area (Å²) in [4.78, 5) is 0. The molecule has 4 aliphatic carbocycles. The van der Waals surface area contributed by atoms with Crippen LogP contribution in [0.3, 0.4) is 0 Å². The highest BCUT2D eigenvalue weighted by Gasteiger charge is 2.18. The van der Waals surface area contributed by atoms with Crippen LogP contribution in [0.25, 0.3) is 0 Å². The Kier molecular flexibility index (Phi) is 9.07. The van der Waals surface area contributed by atoms with Crippen molar-refractivity contribution in [1.82, 2.24) is 0 Å². The van der Waals surface area contributed by atoms with Crippen LogP contribution in [0.5, 0.6) is 0 Å². The molecule has 0 aliphatic heterocycles. The maximum Gasteiger partial charge on any atom is -0.0165 e. The SMILES string of the molecule is C1=CCC2CCCCC2=C1.C1=CCCCC1.C1=CCCCC1. The third-order valence-corrected chi connectivity index (χ3v) is 4.98. The maximum absolute atomic E-state index is 2.33. The average Bonchev–Trinajstić information content (AvgIpc) is 2.66. The average molecular weight is 299 g/mol. The van der Waals surface area contributed by atoms with E-state index in [4.69, 9.17) is 0 Å². The highest BCUT2D eigenvalue weighted by molar-refractivity contribution is 5.21. The lowest BCUT2D eigenvalue weighted by Crippen LogP contribution is -2.10. The predicted molar refractivity (Wildman–Crippen MR) is 99.0 cm³/mol. The summed E-state index contributed by atoms with van der Waals surface area (Å²) in [6, 6.07) is 0. The zero-order valence-electron chi connectivity index (χ0n) is 14.3. The summed E-state index contributed by atoms with van der Waals surface area (Å²) in [7, 11) is 0. The summed E-state index contributed by atoms with van der Waals surface area (Å²) in [6.45, 7) is 0. The van der Waals surface area contributed by atoms with Gasteiger partial charge in [-0.25, -0.2) is 0 Å².